The zero-order chi connectivity index (χ0) is 11.3. The van der Waals surface area contributed by atoms with Gasteiger partial charge in [-0.15, -0.1) is 11.3 Å². The molecule has 0 aliphatic carbocycles. The third-order valence-electron chi connectivity index (χ3n) is 2.06. The summed E-state index contributed by atoms with van der Waals surface area (Å²) >= 11 is 5.25. The van der Waals surface area contributed by atoms with Crippen LogP contribution in [-0.2, 0) is 0 Å². The van der Waals surface area contributed by atoms with Crippen molar-refractivity contribution in [1.82, 2.24) is 5.32 Å². The van der Waals surface area contributed by atoms with Gasteiger partial charge in [-0.1, -0.05) is 18.6 Å². The molecule has 1 N–H and O–H groups in total. The first kappa shape index (κ1) is 12.9. The van der Waals surface area contributed by atoms with Gasteiger partial charge in [0.05, 0.1) is 9.83 Å². The Morgan fingerprint density at radius 2 is 2.33 bits per heavy atom. The largest absolute Gasteiger partial charge is 0.307 e. The highest BCUT2D eigenvalue weighted by Crippen LogP contribution is 2.26. The number of hydrogen-bond acceptors (Lipinski definition) is 2. The number of thiophene rings is 1. The fraction of sp³-hybridized carbons (Fsp3) is 0.500. The molecule has 0 aromatic carbocycles. The number of allylic oxidation sites excluding steroid dienone is 1. The van der Waals surface area contributed by atoms with E-state index in [9.17, 15) is 0 Å². The molecule has 0 aliphatic heterocycles. The number of hydrogen-bond donors (Lipinski definition) is 1. The van der Waals surface area contributed by atoms with Gasteiger partial charge in [0.2, 0.25) is 0 Å². The van der Waals surface area contributed by atoms with Crippen molar-refractivity contribution in [1.29, 1.82) is 0 Å². The van der Waals surface area contributed by atoms with E-state index >= 15 is 0 Å². The maximum Gasteiger partial charge on any atom is 0.0701 e. The van der Waals surface area contributed by atoms with Gasteiger partial charge >= 0.3 is 0 Å². The highest BCUT2D eigenvalue weighted by atomic mass is 79.9. The van der Waals surface area contributed by atoms with Crippen LogP contribution in [-0.4, -0.2) is 6.54 Å². The lowest BCUT2D eigenvalue weighted by Crippen LogP contribution is -2.20. The summed E-state index contributed by atoms with van der Waals surface area (Å²) in [5.74, 6) is 0. The van der Waals surface area contributed by atoms with E-state index in [1.165, 1.54) is 21.3 Å². The minimum atomic E-state index is 0.359. The summed E-state index contributed by atoms with van der Waals surface area (Å²) in [4.78, 5) is 0. The Bertz CT molecular complexity index is 326. The van der Waals surface area contributed by atoms with Gasteiger partial charge in [0.25, 0.3) is 0 Å². The van der Waals surface area contributed by atoms with Gasteiger partial charge in [-0.2, -0.15) is 0 Å². The number of nitrogens with one attached hydrogen (secondary N) is 1. The van der Waals surface area contributed by atoms with Gasteiger partial charge in [0.1, 0.15) is 0 Å². The first-order valence-corrected chi connectivity index (χ1v) is 6.93. The molecule has 0 fully saturated rings. The molecule has 0 spiro atoms. The predicted molar refractivity (Wildman–Crippen MR) is 72.5 cm³/mol. The van der Waals surface area contributed by atoms with Crippen LogP contribution in [0.5, 0.6) is 0 Å². The Balaban J connectivity index is 2.76. The lowest BCUT2D eigenvalue weighted by atomic mass is 10.1. The molecule has 1 aromatic rings. The van der Waals surface area contributed by atoms with E-state index in [4.69, 9.17) is 0 Å². The average molecular weight is 288 g/mol. The molecule has 0 bridgehead atoms. The second kappa shape index (κ2) is 6.46. The molecule has 1 unspecified atom stereocenters. The Labute approximate surface area is 105 Å². The summed E-state index contributed by atoms with van der Waals surface area (Å²) in [5.41, 5.74) is 2.70. The number of halogens is 1. The second-order valence-corrected chi connectivity index (χ2v) is 6.15. The van der Waals surface area contributed by atoms with E-state index in [1.807, 2.05) is 0 Å². The minimum Gasteiger partial charge on any atom is -0.307 e. The molecule has 84 valence electrons. The summed E-state index contributed by atoms with van der Waals surface area (Å²) in [6, 6.07) is 2.55. The Kier molecular flexibility index (Phi) is 5.58. The number of rotatable bonds is 5. The van der Waals surface area contributed by atoms with Gasteiger partial charge < -0.3 is 5.32 Å². The first-order valence-electron chi connectivity index (χ1n) is 5.25. The van der Waals surface area contributed by atoms with E-state index in [2.05, 4.69) is 59.5 Å². The van der Waals surface area contributed by atoms with Crippen molar-refractivity contribution in [3.8, 4) is 0 Å². The molecule has 1 heterocycles. The van der Waals surface area contributed by atoms with E-state index in [0.29, 0.717) is 6.04 Å². The molecule has 1 rings (SSSR count). The van der Waals surface area contributed by atoms with Gasteiger partial charge in [0.15, 0.2) is 0 Å². The standard InChI is InChI=1S/C12H18BrNS/c1-4-5-14-11(6-9(2)3)10-7-12(13)15-8-10/h6-8,11,14H,4-5H2,1-3H3. The van der Waals surface area contributed by atoms with Crippen molar-refractivity contribution in [3.05, 3.63) is 32.4 Å². The van der Waals surface area contributed by atoms with Gasteiger partial charge in [-0.05, 0) is 59.8 Å². The fourth-order valence-corrected chi connectivity index (χ4v) is 2.60. The van der Waals surface area contributed by atoms with E-state index in [-0.39, 0.29) is 0 Å². The predicted octanol–water partition coefficient (Wildman–Crippen LogP) is 4.52. The molecule has 0 aliphatic rings. The zero-order valence-electron chi connectivity index (χ0n) is 9.51. The lowest BCUT2D eigenvalue weighted by molar-refractivity contribution is 0.611. The average Bonchev–Trinajstić information content (AvgIpc) is 2.58. The summed E-state index contributed by atoms with van der Waals surface area (Å²) < 4.78 is 1.20. The van der Waals surface area contributed by atoms with Crippen molar-refractivity contribution >= 4 is 27.3 Å². The van der Waals surface area contributed by atoms with Crippen LogP contribution >= 0.6 is 27.3 Å². The van der Waals surface area contributed by atoms with E-state index in [1.54, 1.807) is 11.3 Å². The third kappa shape index (κ3) is 4.49. The topological polar surface area (TPSA) is 12.0 Å². The van der Waals surface area contributed by atoms with Crippen molar-refractivity contribution in [2.75, 3.05) is 6.54 Å². The SMILES string of the molecule is CCCNC(C=C(C)C)c1csc(Br)c1. The molecular formula is C12H18BrNS. The normalized spacial score (nSPS) is 12.5. The van der Waals surface area contributed by atoms with Crippen molar-refractivity contribution in [2.45, 2.75) is 33.2 Å². The van der Waals surface area contributed by atoms with Crippen LogP contribution in [0.3, 0.4) is 0 Å². The molecule has 15 heavy (non-hydrogen) atoms. The van der Waals surface area contributed by atoms with Crippen molar-refractivity contribution in [2.24, 2.45) is 0 Å². The molecule has 0 saturated heterocycles. The van der Waals surface area contributed by atoms with Crippen LogP contribution in [0.15, 0.2) is 26.9 Å². The molecule has 3 heteroatoms. The fourth-order valence-electron chi connectivity index (χ4n) is 1.39. The summed E-state index contributed by atoms with van der Waals surface area (Å²) in [7, 11) is 0. The van der Waals surface area contributed by atoms with Gasteiger partial charge in [-0.3, -0.25) is 0 Å². The molecular weight excluding hydrogens is 270 g/mol. The Morgan fingerprint density at radius 1 is 1.60 bits per heavy atom. The highest BCUT2D eigenvalue weighted by Gasteiger charge is 2.08. The van der Waals surface area contributed by atoms with Crippen LogP contribution in [0, 0.1) is 0 Å². The molecule has 0 radical (unpaired) electrons. The van der Waals surface area contributed by atoms with E-state index in [0.717, 1.165) is 6.54 Å². The molecule has 0 amide bonds. The van der Waals surface area contributed by atoms with Crippen LogP contribution in [0.25, 0.3) is 0 Å². The van der Waals surface area contributed by atoms with Crippen LogP contribution in [0.2, 0.25) is 0 Å². The quantitative estimate of drug-likeness (QED) is 0.786. The second-order valence-electron chi connectivity index (χ2n) is 3.86. The highest BCUT2D eigenvalue weighted by molar-refractivity contribution is 9.11. The van der Waals surface area contributed by atoms with Gasteiger partial charge in [0, 0.05) is 0 Å². The monoisotopic (exact) mass is 287 g/mol. The van der Waals surface area contributed by atoms with Gasteiger partial charge in [-0.25, -0.2) is 0 Å². The molecule has 1 nitrogen and oxygen atoms in total. The maximum absolute atomic E-state index is 3.54. The summed E-state index contributed by atoms with van der Waals surface area (Å²) in [6.07, 6.45) is 3.45. The zero-order valence-corrected chi connectivity index (χ0v) is 11.9. The molecule has 1 aromatic heterocycles. The Hall–Kier alpha value is -0.120. The van der Waals surface area contributed by atoms with Crippen molar-refractivity contribution in [3.63, 3.8) is 0 Å². The van der Waals surface area contributed by atoms with Crippen molar-refractivity contribution < 1.29 is 0 Å². The molecule has 0 saturated carbocycles. The van der Waals surface area contributed by atoms with Crippen LogP contribution < -0.4 is 5.32 Å². The summed E-state index contributed by atoms with van der Waals surface area (Å²) in [6.45, 7) is 7.53. The summed E-state index contributed by atoms with van der Waals surface area (Å²) in [5, 5.41) is 5.75. The molecule has 1 atom stereocenters. The van der Waals surface area contributed by atoms with Crippen LogP contribution in [0.1, 0.15) is 38.8 Å². The maximum atomic E-state index is 3.54. The smallest absolute Gasteiger partial charge is 0.0701 e. The third-order valence-corrected chi connectivity index (χ3v) is 3.58. The first-order chi connectivity index (χ1) is 7.13. The lowest BCUT2D eigenvalue weighted by Gasteiger charge is -2.13. The minimum absolute atomic E-state index is 0.359. The van der Waals surface area contributed by atoms with E-state index < -0.39 is 0 Å². The van der Waals surface area contributed by atoms with Crippen LogP contribution in [0.4, 0.5) is 0 Å². The Morgan fingerprint density at radius 3 is 2.80 bits per heavy atom.